The van der Waals surface area contributed by atoms with E-state index in [1.165, 1.54) is 0 Å². The molecule has 2 aromatic heterocycles. The molecule has 0 saturated carbocycles. The average Bonchev–Trinajstić information content (AvgIpc) is 2.83. The van der Waals surface area contributed by atoms with Gasteiger partial charge in [0.15, 0.2) is 5.69 Å². The van der Waals surface area contributed by atoms with E-state index in [1.807, 2.05) is 6.07 Å². The molecule has 2 N–H and O–H groups in total. The summed E-state index contributed by atoms with van der Waals surface area (Å²) in [6.07, 6.45) is 4.96. The zero-order chi connectivity index (χ0) is 11.8. The molecule has 0 aromatic carbocycles. The second-order valence-corrected chi connectivity index (χ2v) is 3.56. The Balaban J connectivity index is 2.19. The maximum Gasteiger partial charge on any atom is 0.277 e. The van der Waals surface area contributed by atoms with Gasteiger partial charge in [0.25, 0.3) is 5.91 Å². The van der Waals surface area contributed by atoms with Crippen LogP contribution in [0.3, 0.4) is 0 Å². The minimum absolute atomic E-state index is 0.245. The van der Waals surface area contributed by atoms with Crippen LogP contribution in [0, 0.1) is 0 Å². The fraction of sp³-hybridized carbons (Fsp3) is 0. The predicted octanol–water partition coefficient (Wildman–Crippen LogP) is 1.16. The smallest absolute Gasteiger partial charge is 0.277 e. The van der Waals surface area contributed by atoms with Crippen molar-refractivity contribution in [3.8, 4) is 0 Å². The number of aromatic nitrogens is 3. The molecule has 0 fully saturated rings. The van der Waals surface area contributed by atoms with Crippen molar-refractivity contribution in [1.29, 1.82) is 0 Å². The lowest BCUT2D eigenvalue weighted by molar-refractivity contribution is 0.0957. The normalized spacial score (nSPS) is 14.5. The molecule has 0 spiro atoms. The molecular formula is C11H9N5O. The van der Waals surface area contributed by atoms with Gasteiger partial charge in [-0.2, -0.15) is 5.10 Å². The topological polar surface area (TPSA) is 73.9 Å². The van der Waals surface area contributed by atoms with Gasteiger partial charge in [-0.1, -0.05) is 6.58 Å². The van der Waals surface area contributed by atoms with Crippen molar-refractivity contribution in [2.45, 2.75) is 0 Å². The first kappa shape index (κ1) is 9.59. The first-order chi connectivity index (χ1) is 8.27. The summed E-state index contributed by atoms with van der Waals surface area (Å²) in [6, 6.07) is 3.59. The molecule has 3 rings (SSSR count). The van der Waals surface area contributed by atoms with Crippen LogP contribution >= 0.6 is 0 Å². The van der Waals surface area contributed by atoms with Crippen LogP contribution < -0.4 is 10.2 Å². The Morgan fingerprint density at radius 2 is 2.29 bits per heavy atom. The highest BCUT2D eigenvalue weighted by Gasteiger charge is 2.27. The summed E-state index contributed by atoms with van der Waals surface area (Å²) in [6.45, 7) is 3.83. The maximum atomic E-state index is 11.7. The number of pyridine rings is 1. The number of fused-ring (bicyclic) bond motifs is 1. The number of rotatable bonds is 1. The van der Waals surface area contributed by atoms with E-state index in [0.717, 1.165) is 5.69 Å². The molecule has 3 heterocycles. The van der Waals surface area contributed by atoms with Crippen LogP contribution in [0.4, 0.5) is 11.4 Å². The average molecular weight is 227 g/mol. The third-order valence-electron chi connectivity index (χ3n) is 2.51. The summed E-state index contributed by atoms with van der Waals surface area (Å²) < 4.78 is 0. The fourth-order valence-corrected chi connectivity index (χ4v) is 1.81. The number of anilines is 2. The van der Waals surface area contributed by atoms with E-state index in [0.29, 0.717) is 17.2 Å². The van der Waals surface area contributed by atoms with Crippen molar-refractivity contribution in [3.63, 3.8) is 0 Å². The first-order valence-corrected chi connectivity index (χ1v) is 5.01. The maximum absolute atomic E-state index is 11.7. The van der Waals surface area contributed by atoms with Gasteiger partial charge in [-0.3, -0.25) is 14.8 Å². The number of hydrogen-bond donors (Lipinski definition) is 2. The van der Waals surface area contributed by atoms with E-state index in [4.69, 9.17) is 0 Å². The Bertz CT molecular complexity index is 590. The van der Waals surface area contributed by atoms with E-state index in [1.54, 1.807) is 29.6 Å². The molecule has 6 nitrogen and oxygen atoms in total. The van der Waals surface area contributed by atoms with Crippen LogP contribution in [0.5, 0.6) is 0 Å². The standard InChI is InChI=1S/C11H9N5O/c1-7-15-11(17)10-9(3-2-4-12-10)16(7)8-5-13-14-6-8/h2-6H,1H2,(H,13,14)(H,15,17). The number of carbonyl (C=O) groups excluding carboxylic acids is 1. The highest BCUT2D eigenvalue weighted by Crippen LogP contribution is 2.32. The minimum Gasteiger partial charge on any atom is -0.307 e. The van der Waals surface area contributed by atoms with Gasteiger partial charge in [-0.25, -0.2) is 4.98 Å². The van der Waals surface area contributed by atoms with E-state index < -0.39 is 0 Å². The minimum atomic E-state index is -0.245. The van der Waals surface area contributed by atoms with Crippen LogP contribution in [0.15, 0.2) is 43.1 Å². The van der Waals surface area contributed by atoms with Gasteiger partial charge in [0.2, 0.25) is 0 Å². The Hall–Kier alpha value is -2.63. The summed E-state index contributed by atoms with van der Waals surface area (Å²) in [4.78, 5) is 17.6. The van der Waals surface area contributed by atoms with Gasteiger partial charge in [0, 0.05) is 12.4 Å². The monoisotopic (exact) mass is 227 g/mol. The number of carbonyl (C=O) groups is 1. The lowest BCUT2D eigenvalue weighted by Gasteiger charge is -2.30. The Labute approximate surface area is 97.0 Å². The summed E-state index contributed by atoms with van der Waals surface area (Å²) >= 11 is 0. The molecule has 0 saturated heterocycles. The number of nitrogens with zero attached hydrogens (tertiary/aromatic N) is 3. The molecule has 6 heteroatoms. The SMILES string of the molecule is C=C1NC(=O)c2ncccc2N1c1cn[nH]c1. The second kappa shape index (κ2) is 3.44. The summed E-state index contributed by atoms with van der Waals surface area (Å²) in [5, 5.41) is 9.27. The highest BCUT2D eigenvalue weighted by atomic mass is 16.2. The van der Waals surface area contributed by atoms with Crippen molar-refractivity contribution >= 4 is 17.3 Å². The molecule has 1 aliphatic heterocycles. The number of amides is 1. The second-order valence-electron chi connectivity index (χ2n) is 3.56. The molecule has 0 bridgehead atoms. The quantitative estimate of drug-likeness (QED) is 0.766. The van der Waals surface area contributed by atoms with E-state index >= 15 is 0 Å². The Morgan fingerprint density at radius 1 is 1.41 bits per heavy atom. The van der Waals surface area contributed by atoms with Crippen LogP contribution in [-0.4, -0.2) is 21.1 Å². The number of hydrogen-bond acceptors (Lipinski definition) is 4. The van der Waals surface area contributed by atoms with Gasteiger partial charge in [0.1, 0.15) is 5.82 Å². The van der Waals surface area contributed by atoms with E-state index in [2.05, 4.69) is 27.1 Å². The van der Waals surface area contributed by atoms with Gasteiger partial charge in [-0.05, 0) is 12.1 Å². The third kappa shape index (κ3) is 1.38. The van der Waals surface area contributed by atoms with Crippen LogP contribution in [0.1, 0.15) is 10.5 Å². The van der Waals surface area contributed by atoms with Gasteiger partial charge in [-0.15, -0.1) is 0 Å². The number of H-pyrrole nitrogens is 1. The lowest BCUT2D eigenvalue weighted by atomic mass is 10.2. The number of aromatic amines is 1. The predicted molar refractivity (Wildman–Crippen MR) is 61.6 cm³/mol. The molecule has 17 heavy (non-hydrogen) atoms. The molecule has 0 atom stereocenters. The van der Waals surface area contributed by atoms with Crippen LogP contribution in [0.2, 0.25) is 0 Å². The van der Waals surface area contributed by atoms with Crippen molar-refractivity contribution in [1.82, 2.24) is 20.5 Å². The summed E-state index contributed by atoms with van der Waals surface area (Å²) in [5.41, 5.74) is 1.87. The molecule has 84 valence electrons. The summed E-state index contributed by atoms with van der Waals surface area (Å²) in [5.74, 6) is 0.238. The largest absolute Gasteiger partial charge is 0.307 e. The van der Waals surface area contributed by atoms with Crippen LogP contribution in [0.25, 0.3) is 0 Å². The molecule has 2 aromatic rings. The Morgan fingerprint density at radius 3 is 3.06 bits per heavy atom. The first-order valence-electron chi connectivity index (χ1n) is 5.01. The molecule has 0 radical (unpaired) electrons. The van der Waals surface area contributed by atoms with Gasteiger partial charge >= 0.3 is 0 Å². The van der Waals surface area contributed by atoms with Crippen molar-refractivity contribution in [2.24, 2.45) is 0 Å². The molecule has 0 unspecified atom stereocenters. The van der Waals surface area contributed by atoms with Gasteiger partial charge in [0.05, 0.1) is 17.6 Å². The van der Waals surface area contributed by atoms with Crippen LogP contribution in [-0.2, 0) is 0 Å². The number of nitrogens with one attached hydrogen (secondary N) is 2. The van der Waals surface area contributed by atoms with E-state index in [9.17, 15) is 4.79 Å². The summed E-state index contributed by atoms with van der Waals surface area (Å²) in [7, 11) is 0. The fourth-order valence-electron chi connectivity index (χ4n) is 1.81. The third-order valence-corrected chi connectivity index (χ3v) is 2.51. The van der Waals surface area contributed by atoms with Crippen molar-refractivity contribution < 1.29 is 4.79 Å². The van der Waals surface area contributed by atoms with Crippen molar-refractivity contribution in [3.05, 3.63) is 48.8 Å². The van der Waals surface area contributed by atoms with E-state index in [-0.39, 0.29) is 5.91 Å². The molecule has 1 amide bonds. The molecular weight excluding hydrogens is 218 g/mol. The Kier molecular flexibility index (Phi) is 1.94. The zero-order valence-electron chi connectivity index (χ0n) is 8.84. The van der Waals surface area contributed by atoms with Gasteiger partial charge < -0.3 is 5.32 Å². The highest BCUT2D eigenvalue weighted by molar-refractivity contribution is 6.03. The molecule has 1 aliphatic rings. The lowest BCUT2D eigenvalue weighted by Crippen LogP contribution is -2.38. The zero-order valence-corrected chi connectivity index (χ0v) is 8.84. The molecule has 0 aliphatic carbocycles. The van der Waals surface area contributed by atoms with Crippen molar-refractivity contribution in [2.75, 3.05) is 4.90 Å².